The van der Waals surface area contributed by atoms with Crippen LogP contribution in [-0.2, 0) is 25.0 Å². The predicted octanol–water partition coefficient (Wildman–Crippen LogP) is 3.52. The summed E-state index contributed by atoms with van der Waals surface area (Å²) in [7, 11) is -2.12. The van der Waals surface area contributed by atoms with E-state index < -0.39 is 19.5 Å². The second kappa shape index (κ2) is 8.17. The van der Waals surface area contributed by atoms with Crippen molar-refractivity contribution < 1.29 is 23.1 Å². The average Bonchev–Trinajstić information content (AvgIpc) is 2.45. The minimum absolute atomic E-state index is 0.141. The van der Waals surface area contributed by atoms with E-state index in [0.29, 0.717) is 0 Å². The maximum atomic E-state index is 12.4. The van der Waals surface area contributed by atoms with Gasteiger partial charge in [0, 0.05) is 7.11 Å². The van der Waals surface area contributed by atoms with E-state index >= 15 is 0 Å². The molecule has 1 rings (SSSR count). The quantitative estimate of drug-likeness (QED) is 0.779. The monoisotopic (exact) mass is 315 g/mol. The van der Waals surface area contributed by atoms with Crippen molar-refractivity contribution in [1.29, 1.82) is 0 Å². The van der Waals surface area contributed by atoms with Crippen LogP contribution in [0, 0.1) is 0 Å². The van der Waals surface area contributed by atoms with Gasteiger partial charge in [-0.3, -0.25) is 4.57 Å². The minimum Gasteiger partial charge on any atom is -0.445 e. The van der Waals surface area contributed by atoms with Crippen molar-refractivity contribution in [3.8, 4) is 0 Å². The summed E-state index contributed by atoms with van der Waals surface area (Å²) < 4.78 is 27.7. The number of carbonyl (C=O) groups excluding carboxylic acids is 1. The first-order valence-corrected chi connectivity index (χ1v) is 8.29. The van der Waals surface area contributed by atoms with Crippen LogP contribution in [0.1, 0.15) is 26.3 Å². The van der Waals surface area contributed by atoms with Crippen LogP contribution < -0.4 is 5.32 Å². The number of amides is 1. The highest BCUT2D eigenvalue weighted by molar-refractivity contribution is 7.54. The Morgan fingerprint density at radius 1 is 1.24 bits per heavy atom. The summed E-state index contributed by atoms with van der Waals surface area (Å²) in [5.74, 6) is -0.798. The van der Waals surface area contributed by atoms with Gasteiger partial charge in [0.05, 0.1) is 6.10 Å². The van der Waals surface area contributed by atoms with Crippen LogP contribution in [-0.4, -0.2) is 25.1 Å². The summed E-state index contributed by atoms with van der Waals surface area (Å²) in [5.41, 5.74) is 0.869. The molecule has 2 atom stereocenters. The third-order valence-electron chi connectivity index (χ3n) is 2.63. The lowest BCUT2D eigenvalue weighted by molar-refractivity contribution is 0.134. The van der Waals surface area contributed by atoms with E-state index in [1.54, 1.807) is 20.8 Å². The predicted molar refractivity (Wildman–Crippen MR) is 80.1 cm³/mol. The topological polar surface area (TPSA) is 73.9 Å². The van der Waals surface area contributed by atoms with Crippen LogP contribution in [0.4, 0.5) is 4.79 Å². The van der Waals surface area contributed by atoms with Gasteiger partial charge < -0.3 is 19.1 Å². The minimum atomic E-state index is -3.41. The van der Waals surface area contributed by atoms with Crippen molar-refractivity contribution in [1.82, 2.24) is 5.32 Å². The first kappa shape index (κ1) is 17.7. The number of carbonyl (C=O) groups is 1. The zero-order valence-corrected chi connectivity index (χ0v) is 13.6. The molecular weight excluding hydrogens is 293 g/mol. The maximum absolute atomic E-state index is 12.4. The molecule has 6 nitrogen and oxygen atoms in total. The van der Waals surface area contributed by atoms with Gasteiger partial charge in [-0.2, -0.15) is 0 Å². The first-order valence-electron chi connectivity index (χ1n) is 6.68. The van der Waals surface area contributed by atoms with E-state index in [1.165, 1.54) is 7.11 Å². The first-order chi connectivity index (χ1) is 9.87. The summed E-state index contributed by atoms with van der Waals surface area (Å²) in [6.45, 7) is 5.18. The van der Waals surface area contributed by atoms with Crippen molar-refractivity contribution >= 4 is 13.7 Å². The highest BCUT2D eigenvalue weighted by atomic mass is 31.2. The third-order valence-corrected chi connectivity index (χ3v) is 4.93. The van der Waals surface area contributed by atoms with Crippen LogP contribution in [0.2, 0.25) is 0 Å². The van der Waals surface area contributed by atoms with E-state index in [0.717, 1.165) is 5.56 Å². The fourth-order valence-electron chi connectivity index (χ4n) is 1.60. The van der Waals surface area contributed by atoms with Crippen LogP contribution in [0.25, 0.3) is 0 Å². The molecule has 0 aromatic heterocycles. The fraction of sp³-hybridized carbons (Fsp3) is 0.500. The van der Waals surface area contributed by atoms with Gasteiger partial charge >= 0.3 is 13.7 Å². The van der Waals surface area contributed by atoms with Gasteiger partial charge in [0.2, 0.25) is 0 Å². The normalized spacial score (nSPS) is 15.3. The van der Waals surface area contributed by atoms with Gasteiger partial charge in [0.25, 0.3) is 0 Å². The van der Waals surface area contributed by atoms with E-state index in [2.05, 4.69) is 5.32 Å². The van der Waals surface area contributed by atoms with Crippen molar-refractivity contribution in [3.05, 3.63) is 35.9 Å². The van der Waals surface area contributed by atoms with E-state index in [4.69, 9.17) is 13.8 Å². The molecule has 0 aliphatic heterocycles. The maximum Gasteiger partial charge on any atom is 0.408 e. The summed E-state index contributed by atoms with van der Waals surface area (Å²) in [6, 6.07) is 9.28. The molecule has 1 amide bonds. The number of alkyl carbamates (subject to hydrolysis) is 1. The van der Waals surface area contributed by atoms with Gasteiger partial charge in [0.15, 0.2) is 0 Å². The van der Waals surface area contributed by atoms with Crippen molar-refractivity contribution in [3.63, 3.8) is 0 Å². The molecule has 1 aromatic carbocycles. The standard InChI is InChI=1S/C14H22NO5P/c1-11(2)20-21(17,18-4)12(3)15-14(16)19-10-13-8-6-5-7-9-13/h5-9,11-12H,10H2,1-4H3,(H,15,16). The average molecular weight is 315 g/mol. The van der Waals surface area contributed by atoms with E-state index in [-0.39, 0.29) is 12.7 Å². The number of nitrogens with one attached hydrogen (secondary N) is 1. The summed E-state index contributed by atoms with van der Waals surface area (Å²) in [5, 5.41) is 2.47. The molecule has 2 unspecified atom stereocenters. The van der Waals surface area contributed by atoms with Gasteiger partial charge in [-0.05, 0) is 26.3 Å². The SMILES string of the molecule is COP(=O)(OC(C)C)C(C)NC(=O)OCc1ccccc1. The molecule has 0 saturated heterocycles. The second-order valence-corrected chi connectivity index (χ2v) is 7.19. The third kappa shape index (κ3) is 5.87. The molecule has 0 aliphatic carbocycles. The molecule has 0 radical (unpaired) electrons. The lowest BCUT2D eigenvalue weighted by Gasteiger charge is -2.24. The zero-order chi connectivity index (χ0) is 15.9. The Labute approximate surface area is 125 Å². The Hall–Kier alpha value is -1.36. The molecular formula is C14H22NO5P. The molecule has 0 fully saturated rings. The van der Waals surface area contributed by atoms with Gasteiger partial charge in [-0.1, -0.05) is 30.3 Å². The molecule has 0 bridgehead atoms. The molecule has 21 heavy (non-hydrogen) atoms. The summed E-state index contributed by atoms with van der Waals surface area (Å²) in [4.78, 5) is 11.7. The number of hydrogen-bond donors (Lipinski definition) is 1. The number of benzene rings is 1. The van der Waals surface area contributed by atoms with Crippen molar-refractivity contribution in [2.45, 2.75) is 39.3 Å². The van der Waals surface area contributed by atoms with Crippen molar-refractivity contribution in [2.75, 3.05) is 7.11 Å². The molecule has 0 heterocycles. The van der Waals surface area contributed by atoms with E-state index in [9.17, 15) is 9.36 Å². The Morgan fingerprint density at radius 3 is 2.38 bits per heavy atom. The molecule has 0 saturated carbocycles. The Balaban J connectivity index is 2.51. The van der Waals surface area contributed by atoms with Gasteiger partial charge in [-0.25, -0.2) is 4.79 Å². The smallest absolute Gasteiger partial charge is 0.408 e. The molecule has 118 valence electrons. The lowest BCUT2D eigenvalue weighted by Crippen LogP contribution is -2.34. The van der Waals surface area contributed by atoms with Crippen LogP contribution >= 0.6 is 7.60 Å². The van der Waals surface area contributed by atoms with Crippen LogP contribution in [0.15, 0.2) is 30.3 Å². The molecule has 0 aliphatic rings. The Bertz CT molecular complexity index is 491. The summed E-state index contributed by atoms with van der Waals surface area (Å²) in [6.07, 6.45) is -0.948. The van der Waals surface area contributed by atoms with Crippen molar-refractivity contribution in [2.24, 2.45) is 0 Å². The fourth-order valence-corrected chi connectivity index (χ4v) is 3.04. The number of ether oxygens (including phenoxy) is 1. The molecule has 1 N–H and O–H groups in total. The van der Waals surface area contributed by atoms with E-state index in [1.807, 2.05) is 30.3 Å². The van der Waals surface area contributed by atoms with Gasteiger partial charge in [-0.15, -0.1) is 0 Å². The van der Waals surface area contributed by atoms with Crippen LogP contribution in [0.3, 0.4) is 0 Å². The summed E-state index contributed by atoms with van der Waals surface area (Å²) >= 11 is 0. The molecule has 1 aromatic rings. The Kier molecular flexibility index (Phi) is 6.89. The van der Waals surface area contributed by atoms with Gasteiger partial charge in [0.1, 0.15) is 12.4 Å². The number of rotatable bonds is 7. The van der Waals surface area contributed by atoms with Crippen LogP contribution in [0.5, 0.6) is 0 Å². The zero-order valence-electron chi connectivity index (χ0n) is 12.7. The highest BCUT2D eigenvalue weighted by Gasteiger charge is 2.34. The second-order valence-electron chi connectivity index (χ2n) is 4.76. The molecule has 0 spiro atoms. The Morgan fingerprint density at radius 2 is 1.86 bits per heavy atom. The lowest BCUT2D eigenvalue weighted by atomic mass is 10.2. The number of hydrogen-bond acceptors (Lipinski definition) is 5. The molecule has 7 heteroatoms. The largest absolute Gasteiger partial charge is 0.445 e. The highest BCUT2D eigenvalue weighted by Crippen LogP contribution is 2.52.